The first-order valence-corrected chi connectivity index (χ1v) is 9.57. The number of carbonyl (C=O) groups is 1. The van der Waals surface area contributed by atoms with Crippen LogP contribution < -0.4 is 4.90 Å². The number of carbonyl (C=O) groups excluding carboxylic acids is 1. The maximum absolute atomic E-state index is 11.7. The monoisotopic (exact) mass is 450 g/mol. The number of hydrogen-bond acceptors (Lipinski definition) is 4. The largest absolute Gasteiger partial charge is 0.465 e. The fraction of sp³-hybridized carbons (Fsp3) is 0.350. The summed E-state index contributed by atoms with van der Waals surface area (Å²) in [5, 5.41) is 0. The van der Waals surface area contributed by atoms with Crippen LogP contribution >= 0.6 is 22.6 Å². The highest BCUT2D eigenvalue weighted by atomic mass is 127. The van der Waals surface area contributed by atoms with Crippen LogP contribution in [0.2, 0.25) is 0 Å². The Morgan fingerprint density at radius 2 is 1.96 bits per heavy atom. The summed E-state index contributed by atoms with van der Waals surface area (Å²) in [4.78, 5) is 16.6. The molecule has 0 amide bonds. The number of esters is 1. The zero-order chi connectivity index (χ0) is 17.8. The minimum Gasteiger partial charge on any atom is -0.465 e. The van der Waals surface area contributed by atoms with Gasteiger partial charge in [-0.05, 0) is 53.3 Å². The molecule has 3 rings (SSSR count). The lowest BCUT2D eigenvalue weighted by atomic mass is 10.1. The second kappa shape index (κ2) is 8.19. The van der Waals surface area contributed by atoms with Crippen molar-refractivity contribution in [1.82, 2.24) is 4.90 Å². The molecule has 25 heavy (non-hydrogen) atoms. The Balaban J connectivity index is 1.67. The smallest absolute Gasteiger partial charge is 0.337 e. The molecule has 1 aliphatic rings. The molecule has 132 valence electrons. The van der Waals surface area contributed by atoms with E-state index in [0.717, 1.165) is 29.7 Å². The maximum atomic E-state index is 11.7. The Labute approximate surface area is 162 Å². The Morgan fingerprint density at radius 3 is 2.60 bits per heavy atom. The predicted octanol–water partition coefficient (Wildman–Crippen LogP) is 3.79. The van der Waals surface area contributed by atoms with Gasteiger partial charge in [0, 0.05) is 35.8 Å². The molecule has 1 atom stereocenters. The Hall–Kier alpha value is -1.60. The number of piperazine rings is 1. The standard InChI is InChI=1S/C20H23IN2O2/c1-15-13-23(11-10-22(15)14-16-6-4-3-5-7-16)19-9-8-17(12-18(19)21)20(24)25-2/h3-9,12,15H,10-11,13-14H2,1-2H3. The zero-order valence-electron chi connectivity index (χ0n) is 14.6. The van der Waals surface area contributed by atoms with Gasteiger partial charge in [0.2, 0.25) is 0 Å². The average molecular weight is 450 g/mol. The molecule has 2 aromatic carbocycles. The number of hydrogen-bond donors (Lipinski definition) is 0. The summed E-state index contributed by atoms with van der Waals surface area (Å²) < 4.78 is 5.89. The van der Waals surface area contributed by atoms with Gasteiger partial charge in [-0.2, -0.15) is 0 Å². The highest BCUT2D eigenvalue weighted by molar-refractivity contribution is 14.1. The van der Waals surface area contributed by atoms with Crippen molar-refractivity contribution in [1.29, 1.82) is 0 Å². The van der Waals surface area contributed by atoms with Crippen LogP contribution in [0, 0.1) is 3.57 Å². The molecule has 1 saturated heterocycles. The van der Waals surface area contributed by atoms with Crippen LogP contribution in [0.3, 0.4) is 0 Å². The average Bonchev–Trinajstić information content (AvgIpc) is 2.63. The summed E-state index contributed by atoms with van der Waals surface area (Å²) in [6.07, 6.45) is 0. The quantitative estimate of drug-likeness (QED) is 0.525. The zero-order valence-corrected chi connectivity index (χ0v) is 16.8. The molecule has 1 fully saturated rings. The summed E-state index contributed by atoms with van der Waals surface area (Å²) in [5.41, 5.74) is 3.16. The first kappa shape index (κ1) is 18.2. The van der Waals surface area contributed by atoms with Crippen molar-refractivity contribution in [2.24, 2.45) is 0 Å². The van der Waals surface area contributed by atoms with Gasteiger partial charge in [0.05, 0.1) is 18.4 Å². The van der Waals surface area contributed by atoms with Gasteiger partial charge in [-0.15, -0.1) is 0 Å². The Bertz CT molecular complexity index is 736. The van der Waals surface area contributed by atoms with Gasteiger partial charge in [-0.1, -0.05) is 30.3 Å². The lowest BCUT2D eigenvalue weighted by Gasteiger charge is -2.41. The molecule has 1 unspecified atom stereocenters. The fourth-order valence-corrected chi connectivity index (χ4v) is 4.13. The molecule has 5 heteroatoms. The molecule has 2 aromatic rings. The first-order valence-electron chi connectivity index (χ1n) is 8.49. The molecule has 0 N–H and O–H groups in total. The molecule has 0 radical (unpaired) electrons. The van der Waals surface area contributed by atoms with E-state index in [0.29, 0.717) is 11.6 Å². The van der Waals surface area contributed by atoms with Gasteiger partial charge in [-0.3, -0.25) is 4.90 Å². The minimum absolute atomic E-state index is 0.287. The maximum Gasteiger partial charge on any atom is 0.337 e. The van der Waals surface area contributed by atoms with Crippen LogP contribution in [-0.4, -0.2) is 43.7 Å². The van der Waals surface area contributed by atoms with E-state index in [2.05, 4.69) is 69.6 Å². The van der Waals surface area contributed by atoms with Crippen molar-refractivity contribution < 1.29 is 9.53 Å². The van der Waals surface area contributed by atoms with Crippen LogP contribution in [0.4, 0.5) is 5.69 Å². The van der Waals surface area contributed by atoms with Crippen molar-refractivity contribution >= 4 is 34.2 Å². The van der Waals surface area contributed by atoms with Crippen molar-refractivity contribution in [3.63, 3.8) is 0 Å². The Morgan fingerprint density at radius 1 is 1.20 bits per heavy atom. The minimum atomic E-state index is -0.287. The van der Waals surface area contributed by atoms with E-state index < -0.39 is 0 Å². The molecule has 1 aliphatic heterocycles. The van der Waals surface area contributed by atoms with Crippen molar-refractivity contribution in [3.8, 4) is 0 Å². The second-order valence-corrected chi connectivity index (χ2v) is 7.57. The van der Waals surface area contributed by atoms with E-state index in [1.54, 1.807) is 0 Å². The van der Waals surface area contributed by atoms with Crippen LogP contribution in [0.15, 0.2) is 48.5 Å². The first-order chi connectivity index (χ1) is 12.1. The second-order valence-electron chi connectivity index (χ2n) is 6.41. The third-order valence-corrected chi connectivity index (χ3v) is 5.57. The van der Waals surface area contributed by atoms with E-state index in [1.165, 1.54) is 18.4 Å². The lowest BCUT2D eigenvalue weighted by molar-refractivity contribution is 0.0600. The van der Waals surface area contributed by atoms with Gasteiger partial charge >= 0.3 is 5.97 Å². The normalized spacial score (nSPS) is 18.2. The van der Waals surface area contributed by atoms with Gasteiger partial charge in [0.1, 0.15) is 0 Å². The van der Waals surface area contributed by atoms with Crippen molar-refractivity contribution in [3.05, 3.63) is 63.2 Å². The fourth-order valence-electron chi connectivity index (χ4n) is 3.28. The Kier molecular flexibility index (Phi) is 5.96. The van der Waals surface area contributed by atoms with Crippen LogP contribution in [0.1, 0.15) is 22.8 Å². The van der Waals surface area contributed by atoms with Crippen LogP contribution in [-0.2, 0) is 11.3 Å². The molecule has 0 saturated carbocycles. The summed E-state index contributed by atoms with van der Waals surface area (Å²) in [5.74, 6) is -0.287. The van der Waals surface area contributed by atoms with Crippen molar-refractivity contribution in [2.45, 2.75) is 19.5 Å². The molecule has 0 aromatic heterocycles. The summed E-state index contributed by atoms with van der Waals surface area (Å²) in [6.45, 7) is 6.29. The number of rotatable bonds is 4. The lowest BCUT2D eigenvalue weighted by Crippen LogP contribution is -2.51. The van der Waals surface area contributed by atoms with Crippen molar-refractivity contribution in [2.75, 3.05) is 31.6 Å². The molecule has 4 nitrogen and oxygen atoms in total. The number of anilines is 1. The third kappa shape index (κ3) is 4.33. The molecular formula is C20H23IN2O2. The topological polar surface area (TPSA) is 32.8 Å². The van der Waals surface area contributed by atoms with E-state index in [1.807, 2.05) is 18.2 Å². The van der Waals surface area contributed by atoms with Gasteiger partial charge in [-0.25, -0.2) is 4.79 Å². The number of nitrogens with zero attached hydrogens (tertiary/aromatic N) is 2. The van der Waals surface area contributed by atoms with E-state index in [9.17, 15) is 4.79 Å². The number of ether oxygens (including phenoxy) is 1. The number of benzene rings is 2. The van der Waals surface area contributed by atoms with E-state index >= 15 is 0 Å². The molecule has 0 bridgehead atoms. The van der Waals surface area contributed by atoms with Gasteiger partial charge in [0.15, 0.2) is 0 Å². The van der Waals surface area contributed by atoms with E-state index in [4.69, 9.17) is 4.74 Å². The molecule has 0 spiro atoms. The molecule has 0 aliphatic carbocycles. The molecular weight excluding hydrogens is 427 g/mol. The third-order valence-electron chi connectivity index (χ3n) is 4.70. The van der Waals surface area contributed by atoms with Gasteiger partial charge in [0.25, 0.3) is 0 Å². The van der Waals surface area contributed by atoms with Crippen LogP contribution in [0.25, 0.3) is 0 Å². The number of methoxy groups -OCH3 is 1. The number of halogens is 1. The highest BCUT2D eigenvalue weighted by Crippen LogP contribution is 2.27. The van der Waals surface area contributed by atoms with Gasteiger partial charge < -0.3 is 9.64 Å². The van der Waals surface area contributed by atoms with E-state index in [-0.39, 0.29) is 5.97 Å². The summed E-state index contributed by atoms with van der Waals surface area (Å²) in [7, 11) is 1.41. The highest BCUT2D eigenvalue weighted by Gasteiger charge is 2.25. The predicted molar refractivity (Wildman–Crippen MR) is 109 cm³/mol. The van der Waals surface area contributed by atoms with Crippen LogP contribution in [0.5, 0.6) is 0 Å². The summed E-state index contributed by atoms with van der Waals surface area (Å²) >= 11 is 2.31. The molecule has 1 heterocycles. The SMILES string of the molecule is COC(=O)c1ccc(N2CCN(Cc3ccccc3)C(C)C2)c(I)c1. The summed E-state index contributed by atoms with van der Waals surface area (Å²) in [6, 6.07) is 16.9.